The minimum absolute atomic E-state index is 0.176. The Labute approximate surface area is 107 Å². The summed E-state index contributed by atoms with van der Waals surface area (Å²) in [6.45, 7) is 4.57. The lowest BCUT2D eigenvalue weighted by Gasteiger charge is -2.25. The van der Waals surface area contributed by atoms with Crippen LogP contribution >= 0.6 is 0 Å². The molecule has 3 rings (SSSR count). The van der Waals surface area contributed by atoms with E-state index in [0.29, 0.717) is 12.5 Å². The molecule has 1 aromatic rings. The Morgan fingerprint density at radius 1 is 1.33 bits per heavy atom. The van der Waals surface area contributed by atoms with Crippen molar-refractivity contribution in [2.75, 3.05) is 24.6 Å². The third-order valence-electron chi connectivity index (χ3n) is 3.86. The molecule has 0 radical (unpaired) electrons. The Balaban J connectivity index is 1.86. The van der Waals surface area contributed by atoms with Crippen LogP contribution in [-0.2, 0) is 4.74 Å². The van der Waals surface area contributed by atoms with Gasteiger partial charge in [0.05, 0.1) is 6.04 Å². The van der Waals surface area contributed by atoms with Crippen molar-refractivity contribution in [3.05, 3.63) is 29.8 Å². The molecule has 0 bridgehead atoms. The number of hydrogen-bond acceptors (Lipinski definition) is 3. The summed E-state index contributed by atoms with van der Waals surface area (Å²) in [4.78, 5) is 13.7. The molecule has 1 amide bonds. The van der Waals surface area contributed by atoms with Crippen LogP contribution in [0.3, 0.4) is 0 Å². The SMILES string of the molecule is Cc1ccc(N2C(=O)OCC2C2CCNC2)cc1. The topological polar surface area (TPSA) is 41.6 Å². The van der Waals surface area contributed by atoms with Gasteiger partial charge in [-0.25, -0.2) is 4.79 Å². The molecule has 4 nitrogen and oxygen atoms in total. The zero-order chi connectivity index (χ0) is 12.5. The number of carbonyl (C=O) groups excluding carboxylic acids is 1. The van der Waals surface area contributed by atoms with Crippen LogP contribution in [0.25, 0.3) is 0 Å². The Kier molecular flexibility index (Phi) is 2.96. The van der Waals surface area contributed by atoms with Crippen LogP contribution in [0.4, 0.5) is 10.5 Å². The predicted molar refractivity (Wildman–Crippen MR) is 69.8 cm³/mol. The van der Waals surface area contributed by atoms with Crippen molar-refractivity contribution in [1.29, 1.82) is 0 Å². The van der Waals surface area contributed by atoms with Crippen molar-refractivity contribution in [1.82, 2.24) is 5.32 Å². The van der Waals surface area contributed by atoms with E-state index in [-0.39, 0.29) is 12.1 Å². The average Bonchev–Trinajstić information content (AvgIpc) is 2.99. The van der Waals surface area contributed by atoms with E-state index >= 15 is 0 Å². The van der Waals surface area contributed by atoms with Crippen molar-refractivity contribution in [2.45, 2.75) is 19.4 Å². The molecule has 0 spiro atoms. The molecule has 2 saturated heterocycles. The molecule has 18 heavy (non-hydrogen) atoms. The van der Waals surface area contributed by atoms with Gasteiger partial charge in [0, 0.05) is 12.2 Å². The number of nitrogens with one attached hydrogen (secondary N) is 1. The maximum absolute atomic E-state index is 11.9. The average molecular weight is 246 g/mol. The fourth-order valence-corrected chi connectivity index (χ4v) is 2.79. The van der Waals surface area contributed by atoms with Gasteiger partial charge in [-0.05, 0) is 37.9 Å². The highest BCUT2D eigenvalue weighted by Crippen LogP contribution is 2.29. The molecular formula is C14H18N2O2. The van der Waals surface area contributed by atoms with Crippen LogP contribution in [0.15, 0.2) is 24.3 Å². The second-order valence-electron chi connectivity index (χ2n) is 5.10. The van der Waals surface area contributed by atoms with Crippen molar-refractivity contribution >= 4 is 11.8 Å². The van der Waals surface area contributed by atoms with E-state index in [0.717, 1.165) is 25.2 Å². The fourth-order valence-electron chi connectivity index (χ4n) is 2.79. The molecular weight excluding hydrogens is 228 g/mol. The Morgan fingerprint density at radius 2 is 2.11 bits per heavy atom. The number of rotatable bonds is 2. The highest BCUT2D eigenvalue weighted by Gasteiger charge is 2.40. The molecule has 0 aliphatic carbocycles. The van der Waals surface area contributed by atoms with Crippen molar-refractivity contribution in [3.63, 3.8) is 0 Å². The van der Waals surface area contributed by atoms with Crippen LogP contribution in [0.1, 0.15) is 12.0 Å². The van der Waals surface area contributed by atoms with Crippen LogP contribution in [0.5, 0.6) is 0 Å². The third kappa shape index (κ3) is 1.97. The number of aryl methyl sites for hydroxylation is 1. The standard InChI is InChI=1S/C14H18N2O2/c1-10-2-4-12(5-3-10)16-13(9-18-14(16)17)11-6-7-15-8-11/h2-5,11,13,15H,6-9H2,1H3. The molecule has 96 valence electrons. The first kappa shape index (κ1) is 11.5. The summed E-state index contributed by atoms with van der Waals surface area (Å²) in [5, 5.41) is 3.35. The molecule has 2 aliphatic rings. The minimum Gasteiger partial charge on any atom is -0.447 e. The number of nitrogens with zero attached hydrogens (tertiary/aromatic N) is 1. The number of hydrogen-bond donors (Lipinski definition) is 1. The molecule has 1 N–H and O–H groups in total. The van der Waals surface area contributed by atoms with Crippen LogP contribution < -0.4 is 10.2 Å². The zero-order valence-corrected chi connectivity index (χ0v) is 10.6. The first-order chi connectivity index (χ1) is 8.75. The molecule has 2 fully saturated rings. The monoisotopic (exact) mass is 246 g/mol. The number of carbonyl (C=O) groups is 1. The minimum atomic E-state index is -0.212. The molecule has 2 atom stereocenters. The molecule has 0 saturated carbocycles. The van der Waals surface area contributed by atoms with E-state index in [1.165, 1.54) is 5.56 Å². The summed E-state index contributed by atoms with van der Waals surface area (Å²) in [5.74, 6) is 0.498. The van der Waals surface area contributed by atoms with Gasteiger partial charge in [0.15, 0.2) is 0 Å². The number of ether oxygens (including phenoxy) is 1. The lowest BCUT2D eigenvalue weighted by atomic mass is 9.98. The van der Waals surface area contributed by atoms with Crippen molar-refractivity contribution < 1.29 is 9.53 Å². The Hall–Kier alpha value is -1.55. The first-order valence-corrected chi connectivity index (χ1v) is 6.49. The summed E-state index contributed by atoms with van der Waals surface area (Å²) in [7, 11) is 0. The van der Waals surface area contributed by atoms with Gasteiger partial charge in [-0.15, -0.1) is 0 Å². The number of amides is 1. The number of cyclic esters (lactones) is 1. The highest BCUT2D eigenvalue weighted by atomic mass is 16.6. The lowest BCUT2D eigenvalue weighted by molar-refractivity contribution is 0.176. The lowest BCUT2D eigenvalue weighted by Crippen LogP contribution is -2.40. The summed E-state index contributed by atoms with van der Waals surface area (Å²) < 4.78 is 5.23. The first-order valence-electron chi connectivity index (χ1n) is 6.49. The fraction of sp³-hybridized carbons (Fsp3) is 0.500. The van der Waals surface area contributed by atoms with Gasteiger partial charge in [-0.2, -0.15) is 0 Å². The molecule has 2 heterocycles. The van der Waals surface area contributed by atoms with E-state index in [1.54, 1.807) is 0 Å². The van der Waals surface area contributed by atoms with Gasteiger partial charge in [0.1, 0.15) is 6.61 Å². The van der Waals surface area contributed by atoms with Crippen LogP contribution in [-0.4, -0.2) is 31.8 Å². The molecule has 2 unspecified atom stereocenters. The second kappa shape index (κ2) is 4.61. The maximum atomic E-state index is 11.9. The van der Waals surface area contributed by atoms with Gasteiger partial charge in [0.25, 0.3) is 0 Å². The number of anilines is 1. The van der Waals surface area contributed by atoms with Gasteiger partial charge in [-0.1, -0.05) is 17.7 Å². The van der Waals surface area contributed by atoms with E-state index in [9.17, 15) is 4.79 Å². The zero-order valence-electron chi connectivity index (χ0n) is 10.6. The van der Waals surface area contributed by atoms with Gasteiger partial charge < -0.3 is 10.1 Å². The number of benzene rings is 1. The van der Waals surface area contributed by atoms with Crippen LogP contribution in [0.2, 0.25) is 0 Å². The molecule has 0 aromatic heterocycles. The summed E-state index contributed by atoms with van der Waals surface area (Å²) in [5.41, 5.74) is 2.14. The molecule has 4 heteroatoms. The van der Waals surface area contributed by atoms with E-state index < -0.39 is 0 Å². The summed E-state index contributed by atoms with van der Waals surface area (Å²) >= 11 is 0. The molecule has 2 aliphatic heterocycles. The van der Waals surface area contributed by atoms with Gasteiger partial charge in [-0.3, -0.25) is 4.90 Å². The van der Waals surface area contributed by atoms with E-state index in [2.05, 4.69) is 5.32 Å². The van der Waals surface area contributed by atoms with E-state index in [1.807, 2.05) is 36.1 Å². The second-order valence-corrected chi connectivity index (χ2v) is 5.10. The van der Waals surface area contributed by atoms with Crippen LogP contribution in [0, 0.1) is 12.8 Å². The normalized spacial score (nSPS) is 27.6. The summed E-state index contributed by atoms with van der Waals surface area (Å²) in [6, 6.07) is 8.24. The third-order valence-corrected chi connectivity index (χ3v) is 3.86. The van der Waals surface area contributed by atoms with Crippen molar-refractivity contribution in [2.24, 2.45) is 5.92 Å². The summed E-state index contributed by atoms with van der Waals surface area (Å²) in [6.07, 6.45) is 0.902. The Morgan fingerprint density at radius 3 is 2.78 bits per heavy atom. The van der Waals surface area contributed by atoms with Crippen molar-refractivity contribution in [3.8, 4) is 0 Å². The quantitative estimate of drug-likeness (QED) is 0.867. The van der Waals surface area contributed by atoms with Gasteiger partial charge in [0.2, 0.25) is 0 Å². The smallest absolute Gasteiger partial charge is 0.414 e. The predicted octanol–water partition coefficient (Wildman–Crippen LogP) is 1.93. The van der Waals surface area contributed by atoms with E-state index in [4.69, 9.17) is 4.74 Å². The largest absolute Gasteiger partial charge is 0.447 e. The van der Waals surface area contributed by atoms with Gasteiger partial charge >= 0.3 is 6.09 Å². The maximum Gasteiger partial charge on any atom is 0.414 e. The highest BCUT2D eigenvalue weighted by molar-refractivity contribution is 5.90. The molecule has 1 aromatic carbocycles. The Bertz CT molecular complexity index is 438.